The standard InChI is InChI=1S/C29H21ClN6OS/c1-2-36-27-21(13-24(28(36)37)23-8-5-20(14-25(23)30)26-16-38-17-33-26)15-32-29(35-27)34-22-6-3-18(4-7-22)19-9-11-31-12-10-19/h3-17H,2H2,1H3,(H,32,34,35). The smallest absolute Gasteiger partial charge is 0.260 e. The molecular weight excluding hydrogens is 516 g/mol. The van der Waals surface area contributed by atoms with Gasteiger partial charge in [0, 0.05) is 63.3 Å². The van der Waals surface area contributed by atoms with Crippen molar-refractivity contribution in [2.24, 2.45) is 0 Å². The second-order valence-corrected chi connectivity index (χ2v) is 9.71. The van der Waals surface area contributed by atoms with Gasteiger partial charge in [0.2, 0.25) is 5.95 Å². The van der Waals surface area contributed by atoms with Gasteiger partial charge in [-0.3, -0.25) is 14.3 Å². The van der Waals surface area contributed by atoms with Crippen LogP contribution in [0.4, 0.5) is 11.6 Å². The van der Waals surface area contributed by atoms with Crippen molar-refractivity contribution < 1.29 is 0 Å². The number of aromatic nitrogens is 5. The number of halogens is 1. The maximum Gasteiger partial charge on any atom is 0.260 e. The van der Waals surface area contributed by atoms with E-state index in [0.29, 0.717) is 34.3 Å². The van der Waals surface area contributed by atoms with Gasteiger partial charge in [-0.1, -0.05) is 35.9 Å². The third kappa shape index (κ3) is 4.55. The first-order valence-corrected chi connectivity index (χ1v) is 13.3. The Morgan fingerprint density at radius 1 is 0.921 bits per heavy atom. The normalized spacial score (nSPS) is 11.1. The van der Waals surface area contributed by atoms with Crippen molar-refractivity contribution in [3.8, 4) is 33.5 Å². The Morgan fingerprint density at radius 2 is 1.68 bits per heavy atom. The van der Waals surface area contributed by atoms with Crippen molar-refractivity contribution in [3.05, 3.63) is 106 Å². The minimum atomic E-state index is -0.158. The van der Waals surface area contributed by atoms with E-state index in [4.69, 9.17) is 11.6 Å². The van der Waals surface area contributed by atoms with E-state index in [1.54, 1.807) is 34.7 Å². The molecule has 6 aromatic rings. The van der Waals surface area contributed by atoms with Crippen LogP contribution in [-0.2, 0) is 6.54 Å². The van der Waals surface area contributed by atoms with E-state index in [0.717, 1.165) is 33.5 Å². The molecule has 0 atom stereocenters. The maximum absolute atomic E-state index is 13.5. The van der Waals surface area contributed by atoms with Crippen LogP contribution in [0.25, 0.3) is 44.5 Å². The molecule has 0 saturated carbocycles. The fourth-order valence-corrected chi connectivity index (χ4v) is 5.22. The second-order valence-electron chi connectivity index (χ2n) is 8.59. The van der Waals surface area contributed by atoms with Crippen LogP contribution >= 0.6 is 22.9 Å². The number of rotatable bonds is 6. The van der Waals surface area contributed by atoms with Gasteiger partial charge in [0.15, 0.2) is 0 Å². The zero-order valence-corrected chi connectivity index (χ0v) is 21.9. The van der Waals surface area contributed by atoms with Crippen molar-refractivity contribution in [1.82, 2.24) is 24.5 Å². The first kappa shape index (κ1) is 24.0. The van der Waals surface area contributed by atoms with Gasteiger partial charge in [-0.15, -0.1) is 11.3 Å². The number of hydrogen-bond donors (Lipinski definition) is 1. The molecule has 0 aliphatic rings. The average Bonchev–Trinajstić information content (AvgIpc) is 3.49. The molecule has 38 heavy (non-hydrogen) atoms. The molecule has 9 heteroatoms. The van der Waals surface area contributed by atoms with Crippen LogP contribution in [-0.4, -0.2) is 24.5 Å². The van der Waals surface area contributed by atoms with Crippen LogP contribution < -0.4 is 10.9 Å². The van der Waals surface area contributed by atoms with E-state index in [-0.39, 0.29) is 5.56 Å². The molecule has 7 nitrogen and oxygen atoms in total. The maximum atomic E-state index is 13.5. The summed E-state index contributed by atoms with van der Waals surface area (Å²) in [6.07, 6.45) is 5.27. The van der Waals surface area contributed by atoms with Crippen LogP contribution in [0.1, 0.15) is 6.92 Å². The number of nitrogens with one attached hydrogen (secondary N) is 1. The molecule has 0 unspecified atom stereocenters. The van der Waals surface area contributed by atoms with E-state index in [2.05, 4.69) is 25.3 Å². The molecule has 4 aromatic heterocycles. The van der Waals surface area contributed by atoms with E-state index >= 15 is 0 Å². The lowest BCUT2D eigenvalue weighted by Crippen LogP contribution is -2.22. The van der Waals surface area contributed by atoms with Gasteiger partial charge in [0.25, 0.3) is 5.56 Å². The quantitative estimate of drug-likeness (QED) is 0.245. The number of thiazole rings is 1. The largest absolute Gasteiger partial charge is 0.324 e. The Hall–Kier alpha value is -4.40. The lowest BCUT2D eigenvalue weighted by atomic mass is 10.0. The van der Waals surface area contributed by atoms with Gasteiger partial charge in [-0.2, -0.15) is 4.98 Å². The third-order valence-corrected chi connectivity index (χ3v) is 7.18. The number of fused-ring (bicyclic) bond motifs is 1. The van der Waals surface area contributed by atoms with Crippen LogP contribution in [0, 0.1) is 0 Å². The average molecular weight is 537 g/mol. The van der Waals surface area contributed by atoms with E-state index in [1.807, 2.05) is 66.9 Å². The van der Waals surface area contributed by atoms with Gasteiger partial charge >= 0.3 is 0 Å². The Balaban J connectivity index is 1.33. The number of anilines is 2. The highest BCUT2D eigenvalue weighted by Gasteiger charge is 2.16. The summed E-state index contributed by atoms with van der Waals surface area (Å²) in [7, 11) is 0. The highest BCUT2D eigenvalue weighted by Crippen LogP contribution is 2.32. The Bertz CT molecular complexity index is 1800. The SMILES string of the molecule is CCn1c(=O)c(-c2ccc(-c3cscn3)cc2Cl)cc2cnc(Nc3ccc(-c4ccncc4)cc3)nc21. The lowest BCUT2D eigenvalue weighted by molar-refractivity contribution is 0.751. The predicted molar refractivity (Wildman–Crippen MR) is 154 cm³/mol. The molecule has 0 bridgehead atoms. The second kappa shape index (κ2) is 10.2. The van der Waals surface area contributed by atoms with Crippen molar-refractivity contribution >= 4 is 45.6 Å². The van der Waals surface area contributed by atoms with Crippen LogP contribution in [0.3, 0.4) is 0 Å². The zero-order chi connectivity index (χ0) is 26.1. The molecular formula is C29H21ClN6OS. The van der Waals surface area contributed by atoms with Crippen LogP contribution in [0.15, 0.2) is 94.9 Å². The lowest BCUT2D eigenvalue weighted by Gasteiger charge is -2.13. The summed E-state index contributed by atoms with van der Waals surface area (Å²) < 4.78 is 1.65. The fraction of sp³-hybridized carbons (Fsp3) is 0.0690. The molecule has 0 radical (unpaired) electrons. The first-order chi connectivity index (χ1) is 18.6. The highest BCUT2D eigenvalue weighted by atomic mass is 35.5. The molecule has 186 valence electrons. The van der Waals surface area contributed by atoms with Crippen molar-refractivity contribution in [2.45, 2.75) is 13.5 Å². The van der Waals surface area contributed by atoms with Gasteiger partial charge < -0.3 is 5.32 Å². The van der Waals surface area contributed by atoms with Crippen molar-refractivity contribution in [3.63, 3.8) is 0 Å². The summed E-state index contributed by atoms with van der Waals surface area (Å²) in [5.74, 6) is 0.411. The van der Waals surface area contributed by atoms with Crippen molar-refractivity contribution in [2.75, 3.05) is 5.32 Å². The monoisotopic (exact) mass is 536 g/mol. The number of pyridine rings is 2. The molecule has 0 amide bonds. The number of nitrogens with zero attached hydrogens (tertiary/aromatic N) is 5. The van der Waals surface area contributed by atoms with Gasteiger partial charge in [-0.25, -0.2) is 9.97 Å². The summed E-state index contributed by atoms with van der Waals surface area (Å²) in [4.78, 5) is 31.1. The Morgan fingerprint density at radius 3 is 2.39 bits per heavy atom. The zero-order valence-electron chi connectivity index (χ0n) is 20.3. The summed E-state index contributed by atoms with van der Waals surface area (Å²) in [6.45, 7) is 2.37. The molecule has 0 fully saturated rings. The molecule has 0 aliphatic heterocycles. The highest BCUT2D eigenvalue weighted by molar-refractivity contribution is 7.07. The topological polar surface area (TPSA) is 85.6 Å². The molecule has 6 rings (SSSR count). The summed E-state index contributed by atoms with van der Waals surface area (Å²) in [5, 5.41) is 6.45. The van der Waals surface area contributed by atoms with Crippen LogP contribution in [0.5, 0.6) is 0 Å². The molecule has 1 N–H and O–H groups in total. The fourth-order valence-electron chi connectivity index (χ4n) is 4.37. The minimum Gasteiger partial charge on any atom is -0.324 e. The number of hydrogen-bond acceptors (Lipinski definition) is 7. The third-order valence-electron chi connectivity index (χ3n) is 6.29. The van der Waals surface area contributed by atoms with Gasteiger partial charge in [-0.05, 0) is 54.4 Å². The molecule has 0 spiro atoms. The number of benzene rings is 2. The summed E-state index contributed by atoms with van der Waals surface area (Å²) >= 11 is 8.17. The predicted octanol–water partition coefficient (Wildman–Crippen LogP) is 7.06. The van der Waals surface area contributed by atoms with Crippen LogP contribution in [0.2, 0.25) is 5.02 Å². The van der Waals surface area contributed by atoms with E-state index in [9.17, 15) is 4.79 Å². The van der Waals surface area contributed by atoms with E-state index in [1.165, 1.54) is 11.3 Å². The molecule has 0 aliphatic carbocycles. The minimum absolute atomic E-state index is 0.158. The van der Waals surface area contributed by atoms with Gasteiger partial charge in [0.1, 0.15) is 5.65 Å². The Labute approximate surface area is 227 Å². The van der Waals surface area contributed by atoms with E-state index < -0.39 is 0 Å². The Kier molecular flexibility index (Phi) is 6.41. The first-order valence-electron chi connectivity index (χ1n) is 12.0. The molecule has 4 heterocycles. The summed E-state index contributed by atoms with van der Waals surface area (Å²) in [6, 6.07) is 19.4. The number of aryl methyl sites for hydroxylation is 1. The molecule has 0 saturated heterocycles. The summed E-state index contributed by atoms with van der Waals surface area (Å²) in [5.41, 5.74) is 8.13. The van der Waals surface area contributed by atoms with Crippen molar-refractivity contribution in [1.29, 1.82) is 0 Å². The molecule has 2 aromatic carbocycles. The van der Waals surface area contributed by atoms with Gasteiger partial charge in [0.05, 0.1) is 11.2 Å².